The van der Waals surface area contributed by atoms with Crippen molar-refractivity contribution in [3.05, 3.63) is 145 Å². The maximum atomic E-state index is 6.46. The van der Waals surface area contributed by atoms with Crippen LogP contribution in [0.25, 0.3) is 93.5 Å². The first-order valence-electron chi connectivity index (χ1n) is 16.3. The standard InChI is InChI=1S/C43H27N3OS/c1-2-12-27(13-3-1)41-44-42(29-22-21-26-11-4-5-14-28(26)25-29)46-43(45-41)39-31(23-24-36-38(39)34-16-6-8-19-35(34)47-36)33-18-10-17-32-30-15-7-9-20-37(30)48-40(32)33/h1-3,5-10,12-25H,4,11H2. The lowest BCUT2D eigenvalue weighted by atomic mass is 9.93. The quantitative estimate of drug-likeness (QED) is 0.193. The van der Waals surface area contributed by atoms with E-state index in [9.17, 15) is 0 Å². The van der Waals surface area contributed by atoms with Gasteiger partial charge in [0.25, 0.3) is 0 Å². The molecule has 48 heavy (non-hydrogen) atoms. The van der Waals surface area contributed by atoms with E-state index >= 15 is 0 Å². The van der Waals surface area contributed by atoms with Crippen LogP contribution in [0.15, 0.2) is 138 Å². The summed E-state index contributed by atoms with van der Waals surface area (Å²) < 4.78 is 8.97. The molecule has 5 heteroatoms. The molecule has 0 spiro atoms. The molecule has 1 aliphatic rings. The monoisotopic (exact) mass is 633 g/mol. The Balaban J connectivity index is 1.31. The van der Waals surface area contributed by atoms with E-state index in [4.69, 9.17) is 19.4 Å². The minimum absolute atomic E-state index is 0.623. The molecule has 0 amide bonds. The first kappa shape index (κ1) is 27.2. The molecule has 0 N–H and O–H groups in total. The molecule has 226 valence electrons. The molecule has 3 heterocycles. The Morgan fingerprint density at radius 1 is 0.562 bits per heavy atom. The highest BCUT2D eigenvalue weighted by molar-refractivity contribution is 7.26. The summed E-state index contributed by atoms with van der Waals surface area (Å²) in [5.74, 6) is 1.91. The normalized spacial score (nSPS) is 12.8. The molecule has 10 rings (SSSR count). The smallest absolute Gasteiger partial charge is 0.165 e. The number of para-hydroxylation sites is 1. The zero-order valence-electron chi connectivity index (χ0n) is 25.9. The van der Waals surface area contributed by atoms with Gasteiger partial charge >= 0.3 is 0 Å². The van der Waals surface area contributed by atoms with Crippen molar-refractivity contribution in [1.29, 1.82) is 0 Å². The van der Waals surface area contributed by atoms with Gasteiger partial charge in [0.1, 0.15) is 11.2 Å². The predicted octanol–water partition coefficient (Wildman–Crippen LogP) is 11.8. The van der Waals surface area contributed by atoms with Crippen LogP contribution in [0.2, 0.25) is 0 Å². The Bertz CT molecular complexity index is 2740. The molecule has 0 saturated carbocycles. The Labute approximate surface area is 280 Å². The van der Waals surface area contributed by atoms with E-state index in [-0.39, 0.29) is 0 Å². The lowest BCUT2D eigenvalue weighted by Crippen LogP contribution is -2.02. The lowest BCUT2D eigenvalue weighted by molar-refractivity contribution is 0.669. The molecule has 0 fully saturated rings. The topological polar surface area (TPSA) is 51.8 Å². The number of aromatic nitrogens is 3. The average Bonchev–Trinajstić information content (AvgIpc) is 3.73. The van der Waals surface area contributed by atoms with E-state index in [1.54, 1.807) is 0 Å². The number of thiophene rings is 1. The lowest BCUT2D eigenvalue weighted by Gasteiger charge is -2.15. The summed E-state index contributed by atoms with van der Waals surface area (Å²) in [4.78, 5) is 15.7. The van der Waals surface area contributed by atoms with Crippen molar-refractivity contribution < 1.29 is 4.42 Å². The summed E-state index contributed by atoms with van der Waals surface area (Å²) in [6, 6.07) is 44.5. The first-order chi connectivity index (χ1) is 23.8. The van der Waals surface area contributed by atoms with Gasteiger partial charge in [-0.1, -0.05) is 109 Å². The summed E-state index contributed by atoms with van der Waals surface area (Å²) in [5.41, 5.74) is 9.30. The first-order valence-corrected chi connectivity index (χ1v) is 17.1. The fourth-order valence-corrected chi connectivity index (χ4v) is 8.36. The van der Waals surface area contributed by atoms with E-state index in [0.717, 1.165) is 62.6 Å². The third-order valence-electron chi connectivity index (χ3n) is 9.41. The number of hydrogen-bond donors (Lipinski definition) is 0. The second kappa shape index (κ2) is 10.8. The number of nitrogens with zero attached hydrogens (tertiary/aromatic N) is 3. The van der Waals surface area contributed by atoms with E-state index in [1.165, 1.54) is 31.3 Å². The van der Waals surface area contributed by atoms with Crippen LogP contribution in [0, 0.1) is 0 Å². The van der Waals surface area contributed by atoms with Crippen molar-refractivity contribution in [1.82, 2.24) is 15.0 Å². The third-order valence-corrected chi connectivity index (χ3v) is 10.6. The Hall–Kier alpha value is -5.91. The summed E-state index contributed by atoms with van der Waals surface area (Å²) in [5, 5.41) is 4.56. The van der Waals surface area contributed by atoms with Crippen molar-refractivity contribution in [2.75, 3.05) is 0 Å². The molecule has 4 nitrogen and oxygen atoms in total. The van der Waals surface area contributed by atoms with Gasteiger partial charge in [-0.2, -0.15) is 0 Å². The highest BCUT2D eigenvalue weighted by Gasteiger charge is 2.23. The van der Waals surface area contributed by atoms with Crippen molar-refractivity contribution >= 4 is 59.5 Å². The van der Waals surface area contributed by atoms with E-state index in [1.807, 2.05) is 41.7 Å². The zero-order valence-corrected chi connectivity index (χ0v) is 26.7. The molecule has 9 aromatic rings. The van der Waals surface area contributed by atoms with Crippen LogP contribution in [0.3, 0.4) is 0 Å². The van der Waals surface area contributed by atoms with E-state index in [0.29, 0.717) is 17.5 Å². The number of hydrogen-bond acceptors (Lipinski definition) is 5. The summed E-state index contributed by atoms with van der Waals surface area (Å²) >= 11 is 1.83. The van der Waals surface area contributed by atoms with E-state index < -0.39 is 0 Å². The molecule has 3 aromatic heterocycles. The Kier molecular flexibility index (Phi) is 6.14. The third kappa shape index (κ3) is 4.32. The van der Waals surface area contributed by atoms with Gasteiger partial charge in [-0.25, -0.2) is 15.0 Å². The predicted molar refractivity (Wildman–Crippen MR) is 199 cm³/mol. The molecule has 0 atom stereocenters. The van der Waals surface area contributed by atoms with Gasteiger partial charge in [0.05, 0.1) is 0 Å². The van der Waals surface area contributed by atoms with Crippen LogP contribution in [0.1, 0.15) is 17.5 Å². The number of rotatable bonds is 4. The molecule has 0 bridgehead atoms. The van der Waals surface area contributed by atoms with Crippen molar-refractivity contribution in [3.63, 3.8) is 0 Å². The van der Waals surface area contributed by atoms with Crippen LogP contribution >= 0.6 is 11.3 Å². The van der Waals surface area contributed by atoms with E-state index in [2.05, 4.69) is 109 Å². The molecule has 1 aliphatic carbocycles. The number of fused-ring (bicyclic) bond motifs is 7. The second-order valence-corrected chi connectivity index (χ2v) is 13.3. The second-order valence-electron chi connectivity index (χ2n) is 12.3. The molecule has 0 aliphatic heterocycles. The maximum absolute atomic E-state index is 6.46. The van der Waals surface area contributed by atoms with Gasteiger partial charge in [0.15, 0.2) is 17.5 Å². The van der Waals surface area contributed by atoms with Gasteiger partial charge < -0.3 is 4.42 Å². The van der Waals surface area contributed by atoms with Crippen LogP contribution < -0.4 is 0 Å². The molecule has 0 saturated heterocycles. The Morgan fingerprint density at radius 2 is 1.33 bits per heavy atom. The number of benzene rings is 6. The van der Waals surface area contributed by atoms with Gasteiger partial charge in [0.2, 0.25) is 0 Å². The van der Waals surface area contributed by atoms with Crippen LogP contribution in [0.4, 0.5) is 0 Å². The minimum Gasteiger partial charge on any atom is -0.456 e. The fourth-order valence-electron chi connectivity index (χ4n) is 7.13. The van der Waals surface area contributed by atoms with Crippen molar-refractivity contribution in [3.8, 4) is 45.3 Å². The summed E-state index contributed by atoms with van der Waals surface area (Å²) in [6.07, 6.45) is 6.57. The SMILES string of the molecule is C1=Cc2cc(-c3nc(-c4ccccc4)nc(-c4c(-c5cccc6c5sc5ccccc56)ccc5oc6ccccc6c45)n3)ccc2CC1. The van der Waals surface area contributed by atoms with Gasteiger partial charge in [-0.15, -0.1) is 11.3 Å². The highest BCUT2D eigenvalue weighted by Crippen LogP contribution is 2.46. The van der Waals surface area contributed by atoms with Gasteiger partial charge in [0, 0.05) is 53.2 Å². The zero-order chi connectivity index (χ0) is 31.6. The van der Waals surface area contributed by atoms with Crippen LogP contribution in [0.5, 0.6) is 0 Å². The van der Waals surface area contributed by atoms with Crippen molar-refractivity contribution in [2.24, 2.45) is 0 Å². The van der Waals surface area contributed by atoms with Crippen LogP contribution in [-0.2, 0) is 6.42 Å². The fraction of sp³-hybridized carbons (Fsp3) is 0.0465. The van der Waals surface area contributed by atoms with Crippen molar-refractivity contribution in [2.45, 2.75) is 12.8 Å². The number of aryl methyl sites for hydroxylation is 1. The molecular formula is C43H27N3OS. The minimum atomic E-state index is 0.623. The molecule has 6 aromatic carbocycles. The largest absolute Gasteiger partial charge is 0.456 e. The number of allylic oxidation sites excluding steroid dienone is 1. The molecular weight excluding hydrogens is 607 g/mol. The average molecular weight is 634 g/mol. The Morgan fingerprint density at radius 3 is 2.25 bits per heavy atom. The van der Waals surface area contributed by atoms with Gasteiger partial charge in [-0.3, -0.25) is 0 Å². The summed E-state index contributed by atoms with van der Waals surface area (Å²) in [7, 11) is 0. The maximum Gasteiger partial charge on any atom is 0.165 e. The van der Waals surface area contributed by atoms with Crippen LogP contribution in [-0.4, -0.2) is 15.0 Å². The molecule has 0 unspecified atom stereocenters. The highest BCUT2D eigenvalue weighted by atomic mass is 32.1. The summed E-state index contributed by atoms with van der Waals surface area (Å²) in [6.45, 7) is 0. The molecule has 0 radical (unpaired) electrons. The van der Waals surface area contributed by atoms with Gasteiger partial charge in [-0.05, 0) is 59.9 Å². The number of furan rings is 1.